The summed E-state index contributed by atoms with van der Waals surface area (Å²) in [4.78, 5) is 23.8. The zero-order chi connectivity index (χ0) is 36.3. The van der Waals surface area contributed by atoms with Crippen LogP contribution in [0.25, 0.3) is 0 Å². The minimum absolute atomic E-state index is 0.153. The maximum absolute atomic E-state index is 5.53. The zero-order valence-electron chi connectivity index (χ0n) is 34.5. The van der Waals surface area contributed by atoms with E-state index in [1.807, 2.05) is 0 Å². The Labute approximate surface area is 303 Å². The number of hydrogen-bond acceptors (Lipinski definition) is 8. The number of nitrogens with one attached hydrogen (secondary N) is 2. The van der Waals surface area contributed by atoms with Crippen LogP contribution in [0.5, 0.6) is 0 Å². The van der Waals surface area contributed by atoms with Gasteiger partial charge in [-0.2, -0.15) is 15.0 Å². The molecule has 284 valence electrons. The van der Waals surface area contributed by atoms with Gasteiger partial charge in [-0.1, -0.05) is 94.9 Å². The van der Waals surface area contributed by atoms with Gasteiger partial charge in [0.2, 0.25) is 17.8 Å². The average molecular weight is 685 g/mol. The molecule has 0 bridgehead atoms. The number of hydrogen-bond donors (Lipinski definition) is 2. The summed E-state index contributed by atoms with van der Waals surface area (Å²) in [6.45, 7) is 36.6. The molecule has 0 saturated carbocycles. The molecule has 0 aromatic carbocycles. The molecule has 0 amide bonds. The highest BCUT2D eigenvalue weighted by Crippen LogP contribution is 2.36. The van der Waals surface area contributed by atoms with E-state index in [0.717, 1.165) is 95.9 Å². The molecular weight excluding hydrogens is 605 g/mol. The summed E-state index contributed by atoms with van der Waals surface area (Å²) in [6.07, 6.45) is 14.5. The summed E-state index contributed by atoms with van der Waals surface area (Å²) in [7, 11) is 0. The van der Waals surface area contributed by atoms with Gasteiger partial charge in [0.15, 0.2) is 0 Å². The van der Waals surface area contributed by atoms with Crippen molar-refractivity contribution in [3.05, 3.63) is 0 Å². The third kappa shape index (κ3) is 13.4. The van der Waals surface area contributed by atoms with E-state index in [1.165, 1.54) is 51.4 Å². The van der Waals surface area contributed by atoms with Gasteiger partial charge < -0.3 is 25.3 Å². The lowest BCUT2D eigenvalue weighted by atomic mass is 9.80. The van der Waals surface area contributed by atoms with Gasteiger partial charge in [-0.3, -0.25) is 0 Å². The molecule has 2 aliphatic heterocycles. The molecule has 0 aliphatic carbocycles. The van der Waals surface area contributed by atoms with Crippen molar-refractivity contribution in [2.24, 2.45) is 21.7 Å². The second-order valence-electron chi connectivity index (χ2n) is 18.7. The highest BCUT2D eigenvalue weighted by Gasteiger charge is 2.34. The van der Waals surface area contributed by atoms with E-state index in [1.54, 1.807) is 0 Å². The Bertz CT molecular complexity index is 1010. The topological polar surface area (TPSA) is 72.5 Å². The fourth-order valence-corrected chi connectivity index (χ4v) is 7.74. The van der Waals surface area contributed by atoms with Crippen molar-refractivity contribution in [1.29, 1.82) is 0 Å². The molecule has 49 heavy (non-hydrogen) atoms. The summed E-state index contributed by atoms with van der Waals surface area (Å²) in [5, 5.41) is 7.23. The van der Waals surface area contributed by atoms with Gasteiger partial charge in [0.25, 0.3) is 0 Å². The van der Waals surface area contributed by atoms with Crippen LogP contribution >= 0.6 is 0 Å². The Morgan fingerprint density at radius 3 is 1.16 bits per heavy atom. The maximum Gasteiger partial charge on any atom is 0.232 e. The van der Waals surface area contributed by atoms with Gasteiger partial charge in [0.1, 0.15) is 0 Å². The first-order valence-corrected chi connectivity index (χ1v) is 20.5. The van der Waals surface area contributed by atoms with Crippen LogP contribution in [-0.2, 0) is 0 Å². The smallest absolute Gasteiger partial charge is 0.232 e. The Morgan fingerprint density at radius 2 is 0.837 bits per heavy atom. The van der Waals surface area contributed by atoms with Crippen molar-refractivity contribution in [1.82, 2.24) is 25.6 Å². The summed E-state index contributed by atoms with van der Waals surface area (Å²) < 4.78 is 0. The fourth-order valence-electron chi connectivity index (χ4n) is 7.74. The predicted octanol–water partition coefficient (Wildman–Crippen LogP) is 9.10. The van der Waals surface area contributed by atoms with Crippen LogP contribution in [0.2, 0.25) is 0 Å². The highest BCUT2D eigenvalue weighted by molar-refractivity contribution is 5.48. The van der Waals surface area contributed by atoms with Crippen LogP contribution in [0.3, 0.4) is 0 Å². The minimum atomic E-state index is 0.153. The third-order valence-electron chi connectivity index (χ3n) is 12.2. The molecule has 3 rings (SSSR count). The van der Waals surface area contributed by atoms with E-state index in [9.17, 15) is 0 Å². The first kappa shape index (κ1) is 41.7. The van der Waals surface area contributed by atoms with Gasteiger partial charge in [-0.25, -0.2) is 0 Å². The van der Waals surface area contributed by atoms with E-state index in [2.05, 4.69) is 108 Å². The van der Waals surface area contributed by atoms with Gasteiger partial charge in [-0.05, 0) is 113 Å². The minimum Gasteiger partial charge on any atom is -0.341 e. The number of nitrogens with zero attached hydrogens (tertiary/aromatic N) is 6. The maximum atomic E-state index is 5.53. The van der Waals surface area contributed by atoms with E-state index in [4.69, 9.17) is 15.0 Å². The largest absolute Gasteiger partial charge is 0.341 e. The Balaban J connectivity index is 2.04. The fraction of sp³-hybridized carbons (Fsp3) is 0.927. The Morgan fingerprint density at radius 1 is 0.510 bits per heavy atom. The van der Waals surface area contributed by atoms with E-state index >= 15 is 0 Å². The van der Waals surface area contributed by atoms with E-state index in [-0.39, 0.29) is 10.8 Å². The number of rotatable bonds is 21. The SMILES string of the molecule is CCN(CC)c1nc(N(CC(C)(C)CCCC(C)(C)CC)C2CCNCC2)nc(N(CC(C)(C)CCCC(C)(C)CC)C2CCNCC2)n1. The Hall–Kier alpha value is -1.67. The molecule has 8 heteroatoms. The van der Waals surface area contributed by atoms with Crippen LogP contribution in [-0.4, -0.2) is 79.4 Å². The molecule has 0 spiro atoms. The second kappa shape index (κ2) is 18.7. The molecular formula is C41H80N8. The van der Waals surface area contributed by atoms with Crippen molar-refractivity contribution < 1.29 is 0 Å². The molecule has 8 nitrogen and oxygen atoms in total. The average Bonchev–Trinajstić information content (AvgIpc) is 3.07. The summed E-state index contributed by atoms with van der Waals surface area (Å²) >= 11 is 0. The zero-order valence-corrected chi connectivity index (χ0v) is 34.5. The first-order chi connectivity index (χ1) is 23.0. The van der Waals surface area contributed by atoms with E-state index < -0.39 is 0 Å². The number of anilines is 3. The number of piperidine rings is 2. The van der Waals surface area contributed by atoms with E-state index in [0.29, 0.717) is 22.9 Å². The monoisotopic (exact) mass is 685 g/mol. The molecule has 3 heterocycles. The van der Waals surface area contributed by atoms with Crippen molar-refractivity contribution in [2.75, 3.05) is 67.1 Å². The molecule has 2 fully saturated rings. The lowest BCUT2D eigenvalue weighted by Crippen LogP contribution is -2.49. The normalized spacial score (nSPS) is 17.4. The van der Waals surface area contributed by atoms with Gasteiger partial charge >= 0.3 is 0 Å². The quantitative estimate of drug-likeness (QED) is 0.133. The molecule has 1 aromatic heterocycles. The molecule has 2 N–H and O–H groups in total. The lowest BCUT2D eigenvalue weighted by Gasteiger charge is -2.42. The second-order valence-corrected chi connectivity index (χ2v) is 18.7. The van der Waals surface area contributed by atoms with Crippen LogP contribution in [0, 0.1) is 21.7 Å². The van der Waals surface area contributed by atoms with Gasteiger partial charge in [-0.15, -0.1) is 0 Å². The molecule has 0 radical (unpaired) electrons. The molecule has 1 aromatic rings. The van der Waals surface area contributed by atoms with Gasteiger partial charge in [0.05, 0.1) is 0 Å². The highest BCUT2D eigenvalue weighted by atomic mass is 15.4. The van der Waals surface area contributed by atoms with Crippen LogP contribution < -0.4 is 25.3 Å². The van der Waals surface area contributed by atoms with Crippen LogP contribution in [0.4, 0.5) is 17.8 Å². The van der Waals surface area contributed by atoms with Crippen molar-refractivity contribution in [3.8, 4) is 0 Å². The summed E-state index contributed by atoms with van der Waals surface area (Å²) in [5.74, 6) is 2.62. The molecule has 0 atom stereocenters. The molecule has 2 saturated heterocycles. The third-order valence-corrected chi connectivity index (χ3v) is 12.2. The first-order valence-electron chi connectivity index (χ1n) is 20.5. The van der Waals surface area contributed by atoms with Crippen molar-refractivity contribution in [3.63, 3.8) is 0 Å². The molecule has 0 unspecified atom stereocenters. The Kier molecular flexibility index (Phi) is 15.9. The predicted molar refractivity (Wildman–Crippen MR) is 213 cm³/mol. The summed E-state index contributed by atoms with van der Waals surface area (Å²) in [6, 6.07) is 0.858. The number of aromatic nitrogens is 3. The van der Waals surface area contributed by atoms with Crippen LogP contribution in [0.1, 0.15) is 160 Å². The van der Waals surface area contributed by atoms with Gasteiger partial charge in [0, 0.05) is 38.3 Å². The summed E-state index contributed by atoms with van der Waals surface area (Å²) in [5.41, 5.74) is 1.12. The standard InChI is InChI=1S/C41H80N8/c1-13-38(5,6)23-17-25-40(9,10)31-48(33-19-27-42-28-20-33)36-44-35(47(15-3)16-4)45-37(46-36)49(34-21-29-43-30-22-34)32-41(11,12)26-18-24-39(7,8)14-2/h33-34,42-43H,13-32H2,1-12H3. The van der Waals surface area contributed by atoms with Crippen LogP contribution in [0.15, 0.2) is 0 Å². The van der Waals surface area contributed by atoms with Crippen molar-refractivity contribution >= 4 is 17.8 Å². The van der Waals surface area contributed by atoms with Crippen molar-refractivity contribution in [2.45, 2.75) is 172 Å². The lowest BCUT2D eigenvalue weighted by molar-refractivity contribution is 0.253. The molecule has 2 aliphatic rings.